The van der Waals surface area contributed by atoms with E-state index in [4.69, 9.17) is 10.2 Å². The van der Waals surface area contributed by atoms with Gasteiger partial charge in [0.15, 0.2) is 0 Å². The SMILES string of the molecule is CC(C)NC(=O)CCCCC(CO)CO. The van der Waals surface area contributed by atoms with E-state index in [-0.39, 0.29) is 31.1 Å². The van der Waals surface area contributed by atoms with E-state index in [0.29, 0.717) is 6.42 Å². The van der Waals surface area contributed by atoms with E-state index in [9.17, 15) is 4.79 Å². The summed E-state index contributed by atoms with van der Waals surface area (Å²) >= 11 is 0. The van der Waals surface area contributed by atoms with Crippen molar-refractivity contribution in [2.75, 3.05) is 13.2 Å². The van der Waals surface area contributed by atoms with Crippen LogP contribution >= 0.6 is 0 Å². The standard InChI is InChI=1S/C11H23NO3/c1-9(2)12-11(15)6-4-3-5-10(7-13)8-14/h9-10,13-14H,3-8H2,1-2H3,(H,12,15). The molecule has 0 atom stereocenters. The molecule has 0 aromatic carbocycles. The molecular formula is C11H23NO3. The number of hydrogen-bond acceptors (Lipinski definition) is 3. The van der Waals surface area contributed by atoms with Crippen LogP contribution in [0.4, 0.5) is 0 Å². The van der Waals surface area contributed by atoms with Crippen molar-refractivity contribution in [2.45, 2.75) is 45.6 Å². The van der Waals surface area contributed by atoms with Crippen molar-refractivity contribution in [3.8, 4) is 0 Å². The summed E-state index contributed by atoms with van der Waals surface area (Å²) < 4.78 is 0. The largest absolute Gasteiger partial charge is 0.396 e. The third-order valence-electron chi connectivity index (χ3n) is 2.23. The van der Waals surface area contributed by atoms with Gasteiger partial charge in [-0.05, 0) is 26.7 Å². The molecule has 0 bridgehead atoms. The van der Waals surface area contributed by atoms with Gasteiger partial charge >= 0.3 is 0 Å². The Hall–Kier alpha value is -0.610. The number of aliphatic hydroxyl groups excluding tert-OH is 2. The predicted octanol–water partition coefficient (Wildman–Crippen LogP) is 0.672. The van der Waals surface area contributed by atoms with Crippen LogP contribution in [0.5, 0.6) is 0 Å². The average Bonchev–Trinajstić information content (AvgIpc) is 2.17. The van der Waals surface area contributed by atoms with Crippen LogP contribution in [-0.2, 0) is 4.79 Å². The molecule has 0 aliphatic carbocycles. The van der Waals surface area contributed by atoms with Crippen molar-refractivity contribution in [2.24, 2.45) is 5.92 Å². The van der Waals surface area contributed by atoms with Crippen molar-refractivity contribution in [3.63, 3.8) is 0 Å². The first-order valence-corrected chi connectivity index (χ1v) is 5.61. The molecule has 15 heavy (non-hydrogen) atoms. The smallest absolute Gasteiger partial charge is 0.220 e. The first-order chi connectivity index (χ1) is 7.10. The first kappa shape index (κ1) is 14.4. The van der Waals surface area contributed by atoms with Crippen LogP contribution in [0, 0.1) is 5.92 Å². The van der Waals surface area contributed by atoms with Crippen LogP contribution in [-0.4, -0.2) is 35.4 Å². The molecule has 0 heterocycles. The fourth-order valence-corrected chi connectivity index (χ4v) is 1.35. The number of aliphatic hydroxyl groups is 2. The van der Waals surface area contributed by atoms with E-state index in [1.54, 1.807) is 0 Å². The van der Waals surface area contributed by atoms with Gasteiger partial charge in [-0.2, -0.15) is 0 Å². The van der Waals surface area contributed by atoms with Gasteiger partial charge < -0.3 is 15.5 Å². The lowest BCUT2D eigenvalue weighted by Gasteiger charge is -2.10. The number of nitrogens with one attached hydrogen (secondary N) is 1. The van der Waals surface area contributed by atoms with Gasteiger partial charge in [0.25, 0.3) is 0 Å². The molecule has 90 valence electrons. The van der Waals surface area contributed by atoms with Gasteiger partial charge in [0.2, 0.25) is 5.91 Å². The minimum Gasteiger partial charge on any atom is -0.396 e. The zero-order valence-corrected chi connectivity index (χ0v) is 9.70. The molecule has 0 aliphatic heterocycles. The number of carbonyl (C=O) groups is 1. The number of rotatable bonds is 8. The molecule has 0 fully saturated rings. The highest BCUT2D eigenvalue weighted by Gasteiger charge is 2.06. The normalized spacial score (nSPS) is 11.1. The first-order valence-electron chi connectivity index (χ1n) is 5.61. The third kappa shape index (κ3) is 8.39. The number of carbonyl (C=O) groups excluding carboxylic acids is 1. The van der Waals surface area contributed by atoms with Gasteiger partial charge in [-0.3, -0.25) is 4.79 Å². The van der Waals surface area contributed by atoms with Crippen molar-refractivity contribution in [1.82, 2.24) is 5.32 Å². The predicted molar refractivity (Wildman–Crippen MR) is 59.4 cm³/mol. The minimum absolute atomic E-state index is 0.0225. The van der Waals surface area contributed by atoms with E-state index in [1.165, 1.54) is 0 Å². The van der Waals surface area contributed by atoms with Crippen LogP contribution in [0.2, 0.25) is 0 Å². The van der Waals surface area contributed by atoms with Gasteiger partial charge in [-0.1, -0.05) is 6.42 Å². The number of hydrogen-bond donors (Lipinski definition) is 3. The summed E-state index contributed by atoms with van der Waals surface area (Å²) in [6.07, 6.45) is 3.00. The second kappa shape index (κ2) is 8.68. The Morgan fingerprint density at radius 2 is 1.80 bits per heavy atom. The number of amides is 1. The summed E-state index contributed by atoms with van der Waals surface area (Å²) in [5.74, 6) is 0.0488. The summed E-state index contributed by atoms with van der Waals surface area (Å²) in [7, 11) is 0. The van der Waals surface area contributed by atoms with Gasteiger partial charge in [0.1, 0.15) is 0 Å². The van der Waals surface area contributed by atoms with E-state index in [0.717, 1.165) is 19.3 Å². The maximum atomic E-state index is 11.2. The fraction of sp³-hybridized carbons (Fsp3) is 0.909. The maximum Gasteiger partial charge on any atom is 0.220 e. The lowest BCUT2D eigenvalue weighted by atomic mass is 10.0. The molecule has 4 nitrogen and oxygen atoms in total. The van der Waals surface area contributed by atoms with Gasteiger partial charge in [-0.15, -0.1) is 0 Å². The van der Waals surface area contributed by atoms with Gasteiger partial charge in [-0.25, -0.2) is 0 Å². The summed E-state index contributed by atoms with van der Waals surface area (Å²) in [6, 6.07) is 0.195. The van der Waals surface area contributed by atoms with Crippen molar-refractivity contribution < 1.29 is 15.0 Å². The van der Waals surface area contributed by atoms with Crippen LogP contribution < -0.4 is 5.32 Å². The molecule has 0 saturated carbocycles. The molecular weight excluding hydrogens is 194 g/mol. The van der Waals surface area contributed by atoms with Gasteiger partial charge in [0.05, 0.1) is 0 Å². The van der Waals surface area contributed by atoms with E-state index in [2.05, 4.69) is 5.32 Å². The summed E-state index contributed by atoms with van der Waals surface area (Å²) in [5.41, 5.74) is 0. The lowest BCUT2D eigenvalue weighted by Crippen LogP contribution is -2.29. The molecule has 0 aromatic rings. The van der Waals surface area contributed by atoms with E-state index < -0.39 is 0 Å². The fourth-order valence-electron chi connectivity index (χ4n) is 1.35. The molecule has 0 radical (unpaired) electrons. The third-order valence-corrected chi connectivity index (χ3v) is 2.23. The summed E-state index contributed by atoms with van der Waals surface area (Å²) in [4.78, 5) is 11.2. The second-order valence-corrected chi connectivity index (χ2v) is 4.20. The Bertz CT molecular complexity index is 167. The highest BCUT2D eigenvalue weighted by molar-refractivity contribution is 5.76. The Kier molecular flexibility index (Phi) is 8.33. The zero-order valence-electron chi connectivity index (χ0n) is 9.70. The Morgan fingerprint density at radius 3 is 2.27 bits per heavy atom. The minimum atomic E-state index is -0.0295. The molecule has 0 spiro atoms. The van der Waals surface area contributed by atoms with Crippen LogP contribution in [0.1, 0.15) is 39.5 Å². The molecule has 0 aliphatic rings. The molecule has 0 rings (SSSR count). The van der Waals surface area contributed by atoms with Gasteiger partial charge in [0, 0.05) is 31.6 Å². The van der Waals surface area contributed by atoms with Crippen LogP contribution in [0.15, 0.2) is 0 Å². The Balaban J connectivity index is 3.41. The average molecular weight is 217 g/mol. The van der Waals surface area contributed by atoms with E-state index in [1.807, 2.05) is 13.8 Å². The van der Waals surface area contributed by atoms with Crippen molar-refractivity contribution in [1.29, 1.82) is 0 Å². The second-order valence-electron chi connectivity index (χ2n) is 4.20. The highest BCUT2D eigenvalue weighted by Crippen LogP contribution is 2.08. The van der Waals surface area contributed by atoms with Crippen LogP contribution in [0.25, 0.3) is 0 Å². The molecule has 3 N–H and O–H groups in total. The van der Waals surface area contributed by atoms with E-state index >= 15 is 0 Å². The quantitative estimate of drug-likeness (QED) is 0.523. The monoisotopic (exact) mass is 217 g/mol. The van der Waals surface area contributed by atoms with Crippen molar-refractivity contribution in [3.05, 3.63) is 0 Å². The molecule has 4 heteroatoms. The maximum absolute atomic E-state index is 11.2. The molecule has 1 amide bonds. The summed E-state index contributed by atoms with van der Waals surface area (Å²) in [6.45, 7) is 3.92. The number of unbranched alkanes of at least 4 members (excludes halogenated alkanes) is 1. The molecule has 0 saturated heterocycles. The Morgan fingerprint density at radius 1 is 1.20 bits per heavy atom. The molecule has 0 aromatic heterocycles. The van der Waals surface area contributed by atoms with Crippen LogP contribution in [0.3, 0.4) is 0 Å². The lowest BCUT2D eigenvalue weighted by molar-refractivity contribution is -0.121. The highest BCUT2D eigenvalue weighted by atomic mass is 16.3. The van der Waals surface area contributed by atoms with Crippen molar-refractivity contribution >= 4 is 5.91 Å². The topological polar surface area (TPSA) is 69.6 Å². The molecule has 0 unspecified atom stereocenters. The Labute approximate surface area is 91.7 Å². The zero-order chi connectivity index (χ0) is 11.7. The summed E-state index contributed by atoms with van der Waals surface area (Å²) in [5, 5.41) is 20.4.